The standard InChI is InChI=1S/C57H60N10O9S/c1-4-57(42-29-45-49-37(26-35-18-11-12-23-43(35)64-49)31-67(45)52(72)41(42)32-75-54(57)74)76-53(73)48(33(2)3)66-51(71)44(65-56(77)63-38-20-9-6-10-21-38)24-13-14-25-60-47(69)28-40(34-16-7-5-8-17-34)46(68)30-61-50(70)36-19-15-22-39(27-36)62-55(58)59/h5-12,15-23,26-27,29,33,40,44,48H,4,13-14,24-25,28,30-32H2,1-3H3,(H,60,69)(H,61,70)(H,66,71)(H4,58,59,62)(H2,63,65,77)/t40?,44-,48-,57+/m1/s1. The topological polar surface area (TPSA) is 280 Å². The van der Waals surface area contributed by atoms with Crippen molar-refractivity contribution in [2.24, 2.45) is 22.4 Å². The molecule has 0 spiro atoms. The van der Waals surface area contributed by atoms with Gasteiger partial charge in [0.2, 0.25) is 17.4 Å². The molecule has 1 unspecified atom stereocenters. The lowest BCUT2D eigenvalue weighted by molar-refractivity contribution is -0.191. The second-order valence-corrected chi connectivity index (χ2v) is 19.6. The number of nitrogens with zero attached hydrogens (tertiary/aromatic N) is 3. The fourth-order valence-electron chi connectivity index (χ4n) is 9.51. The predicted molar refractivity (Wildman–Crippen MR) is 295 cm³/mol. The van der Waals surface area contributed by atoms with Crippen LogP contribution in [0.15, 0.2) is 131 Å². The molecule has 4 aromatic carbocycles. The maximum atomic E-state index is 14.5. The molecule has 0 aliphatic carbocycles. The number of aliphatic imine (C=N–C) groups is 1. The zero-order valence-electron chi connectivity index (χ0n) is 42.8. The highest BCUT2D eigenvalue weighted by Crippen LogP contribution is 2.41. The van der Waals surface area contributed by atoms with Gasteiger partial charge < -0.3 is 52.1 Å². The first-order valence-corrected chi connectivity index (χ1v) is 25.8. The summed E-state index contributed by atoms with van der Waals surface area (Å²) < 4.78 is 13.4. The van der Waals surface area contributed by atoms with Crippen LogP contribution in [0.25, 0.3) is 22.3 Å². The molecule has 0 bridgehead atoms. The normalized spacial score (nSPS) is 15.3. The van der Waals surface area contributed by atoms with Crippen molar-refractivity contribution in [3.8, 4) is 11.4 Å². The quantitative estimate of drug-likeness (QED) is 0.0154. The van der Waals surface area contributed by atoms with Gasteiger partial charge in [0, 0.05) is 40.7 Å². The molecule has 0 radical (unpaired) electrons. The number of nitrogens with two attached hydrogens (primary N) is 2. The van der Waals surface area contributed by atoms with E-state index in [9.17, 15) is 33.6 Å². The van der Waals surface area contributed by atoms with Gasteiger partial charge in [-0.1, -0.05) is 93.6 Å². The molecular formula is C57H60N10O9S. The van der Waals surface area contributed by atoms with E-state index in [1.165, 1.54) is 6.07 Å². The number of thiocarbonyl (C=S) groups is 1. The highest BCUT2D eigenvalue weighted by Gasteiger charge is 2.51. The van der Waals surface area contributed by atoms with E-state index in [-0.39, 0.29) is 79.0 Å². The Hall–Kier alpha value is -8.78. The number of guanidine groups is 1. The van der Waals surface area contributed by atoms with E-state index in [0.29, 0.717) is 41.2 Å². The van der Waals surface area contributed by atoms with Crippen LogP contribution in [0.2, 0.25) is 0 Å². The summed E-state index contributed by atoms with van der Waals surface area (Å²) in [5.41, 5.74) is 13.4. The van der Waals surface area contributed by atoms with Crippen molar-refractivity contribution in [1.82, 2.24) is 30.8 Å². The number of pyridine rings is 2. The molecule has 0 saturated carbocycles. The molecule has 77 heavy (non-hydrogen) atoms. The molecule has 2 aliphatic rings. The third-order valence-corrected chi connectivity index (χ3v) is 13.8. The number of rotatable bonds is 21. The highest BCUT2D eigenvalue weighted by molar-refractivity contribution is 7.80. The Morgan fingerprint density at radius 1 is 0.870 bits per heavy atom. The first-order chi connectivity index (χ1) is 37.0. The number of hydrogen-bond donors (Lipinski definition) is 7. The van der Waals surface area contributed by atoms with Gasteiger partial charge in [0.05, 0.1) is 47.2 Å². The largest absolute Gasteiger partial charge is 0.457 e. The number of aromatic nitrogens is 2. The van der Waals surface area contributed by atoms with Gasteiger partial charge in [0.15, 0.2) is 16.9 Å². The number of Topliss-reactive ketones (excluding diaryl/α,β-unsaturated/α-hetero) is 1. The Kier molecular flexibility index (Phi) is 17.2. The summed E-state index contributed by atoms with van der Waals surface area (Å²) >= 11 is 5.65. The minimum absolute atomic E-state index is 0.0785. The minimum atomic E-state index is -2.02. The van der Waals surface area contributed by atoms with Crippen LogP contribution in [0, 0.1) is 5.92 Å². The number of cyclic esters (lactones) is 1. The molecule has 4 atom stereocenters. The average molecular weight is 1060 g/mol. The summed E-state index contributed by atoms with van der Waals surface area (Å²) in [7, 11) is 0. The van der Waals surface area contributed by atoms with Gasteiger partial charge in [0.1, 0.15) is 18.7 Å². The molecule has 9 N–H and O–H groups in total. The number of fused-ring (bicyclic) bond motifs is 5. The third kappa shape index (κ3) is 12.7. The van der Waals surface area contributed by atoms with Crippen LogP contribution in [0.3, 0.4) is 0 Å². The molecule has 2 aliphatic heterocycles. The van der Waals surface area contributed by atoms with Gasteiger partial charge in [-0.3, -0.25) is 24.0 Å². The Bertz CT molecular complexity index is 3330. The third-order valence-electron chi connectivity index (χ3n) is 13.5. The molecular weight excluding hydrogens is 1000 g/mol. The van der Waals surface area contributed by atoms with Crippen molar-refractivity contribution in [2.75, 3.05) is 18.4 Å². The number of carbonyl (C=O) groups is 6. The van der Waals surface area contributed by atoms with E-state index >= 15 is 0 Å². The van der Waals surface area contributed by atoms with Crippen molar-refractivity contribution in [3.05, 3.63) is 159 Å². The molecule has 8 rings (SSSR count). The van der Waals surface area contributed by atoms with E-state index < -0.39 is 64.7 Å². The van der Waals surface area contributed by atoms with Gasteiger partial charge in [-0.25, -0.2) is 19.6 Å². The molecule has 19 nitrogen and oxygen atoms in total. The lowest BCUT2D eigenvalue weighted by Gasteiger charge is -2.37. The fourth-order valence-corrected chi connectivity index (χ4v) is 9.77. The minimum Gasteiger partial charge on any atom is -0.457 e. The zero-order valence-corrected chi connectivity index (χ0v) is 43.6. The van der Waals surface area contributed by atoms with E-state index in [1.807, 2.05) is 48.5 Å². The number of esters is 2. The number of benzene rings is 4. The molecule has 0 fully saturated rings. The van der Waals surface area contributed by atoms with Gasteiger partial charge in [-0.05, 0) is 97.9 Å². The Morgan fingerprint density at radius 2 is 1.60 bits per heavy atom. The van der Waals surface area contributed by atoms with Crippen LogP contribution >= 0.6 is 12.2 Å². The van der Waals surface area contributed by atoms with Crippen LogP contribution in [0.5, 0.6) is 0 Å². The highest BCUT2D eigenvalue weighted by atomic mass is 32.1. The van der Waals surface area contributed by atoms with Gasteiger partial charge in [-0.2, -0.15) is 0 Å². The van der Waals surface area contributed by atoms with Crippen LogP contribution in [-0.4, -0.2) is 81.2 Å². The predicted octanol–water partition coefficient (Wildman–Crippen LogP) is 5.49. The number of nitrogens with one attached hydrogen (secondary N) is 5. The lowest BCUT2D eigenvalue weighted by Crippen LogP contribution is -2.56. The smallest absolute Gasteiger partial charge is 0.355 e. The lowest BCUT2D eigenvalue weighted by atomic mass is 9.85. The first-order valence-electron chi connectivity index (χ1n) is 25.4. The van der Waals surface area contributed by atoms with Crippen LogP contribution in [0.4, 0.5) is 11.4 Å². The number of para-hydroxylation sites is 2. The number of unbranched alkanes of at least 4 members (excludes halogenated alkanes) is 1. The molecule has 3 amide bonds. The number of amides is 3. The second kappa shape index (κ2) is 24.3. The monoisotopic (exact) mass is 1060 g/mol. The van der Waals surface area contributed by atoms with Crippen molar-refractivity contribution in [1.29, 1.82) is 0 Å². The van der Waals surface area contributed by atoms with Gasteiger partial charge >= 0.3 is 11.9 Å². The van der Waals surface area contributed by atoms with Crippen molar-refractivity contribution in [3.63, 3.8) is 0 Å². The Balaban J connectivity index is 0.928. The van der Waals surface area contributed by atoms with Gasteiger partial charge in [-0.15, -0.1) is 0 Å². The molecule has 0 saturated heterocycles. The average Bonchev–Trinajstić information content (AvgIpc) is 3.87. The van der Waals surface area contributed by atoms with Crippen LogP contribution in [0.1, 0.15) is 91.4 Å². The van der Waals surface area contributed by atoms with E-state index in [2.05, 4.69) is 31.6 Å². The summed E-state index contributed by atoms with van der Waals surface area (Å²) in [5, 5.41) is 15.6. The summed E-state index contributed by atoms with van der Waals surface area (Å²) in [6, 6.07) is 33.2. The van der Waals surface area contributed by atoms with Crippen molar-refractivity contribution >= 4 is 81.0 Å². The van der Waals surface area contributed by atoms with E-state index in [4.69, 9.17) is 38.1 Å². The van der Waals surface area contributed by atoms with E-state index in [1.54, 1.807) is 92.1 Å². The summed E-state index contributed by atoms with van der Waals surface area (Å²) in [5.74, 6) is -5.25. The summed E-state index contributed by atoms with van der Waals surface area (Å²) in [6.45, 7) is 4.90. The number of hydrogen-bond acceptors (Lipinski definition) is 12. The van der Waals surface area contributed by atoms with Crippen molar-refractivity contribution in [2.45, 2.75) is 89.6 Å². The molecule has 2 aromatic heterocycles. The maximum absolute atomic E-state index is 14.5. The number of carbonyl (C=O) groups excluding carboxylic acids is 6. The Morgan fingerprint density at radius 3 is 2.32 bits per heavy atom. The van der Waals surface area contributed by atoms with E-state index in [0.717, 1.165) is 16.5 Å². The van der Waals surface area contributed by atoms with Gasteiger partial charge in [0.25, 0.3) is 11.5 Å². The molecule has 6 aromatic rings. The Labute approximate surface area is 449 Å². The molecule has 20 heteroatoms. The maximum Gasteiger partial charge on any atom is 0.355 e. The SMILES string of the molecule is CC[C@@]1(OC(=O)[C@H](NC(=O)[C@@H](CCCCNC(=O)CC(C(=O)CNC(=O)c2cccc(N=C(N)N)c2)c2ccccc2)NC(=S)Nc2ccccc2)C(C)C)C(=O)OCc2c1cc1n(c2=O)Cc2cc3ccccc3nc2-1. The number of ketones is 1. The summed E-state index contributed by atoms with van der Waals surface area (Å²) in [4.78, 5) is 106. The van der Waals surface area contributed by atoms with Crippen LogP contribution in [-0.2, 0) is 52.2 Å². The fraction of sp³-hybridized carbons (Fsp3) is 0.298. The first kappa shape index (κ1) is 54.5. The number of ether oxygens (including phenoxy) is 2. The van der Waals surface area contributed by atoms with Crippen LogP contribution < -0.4 is 43.6 Å². The second-order valence-electron chi connectivity index (χ2n) is 19.2. The molecule has 398 valence electrons. The molecule has 4 heterocycles. The summed E-state index contributed by atoms with van der Waals surface area (Å²) in [6.07, 6.45) is 0.719. The van der Waals surface area contributed by atoms with Crippen molar-refractivity contribution < 1.29 is 38.2 Å². The number of anilines is 1. The zero-order chi connectivity index (χ0) is 54.8.